The zero-order valence-electron chi connectivity index (χ0n) is 17.1. The Morgan fingerprint density at radius 1 is 1.15 bits per heavy atom. The molecule has 11 heteroatoms. The lowest BCUT2D eigenvalue weighted by atomic mass is 9.77. The maximum Gasteiger partial charge on any atom is 0.325 e. The molecule has 4 rings (SSSR count). The molecule has 33 heavy (non-hydrogen) atoms. The van der Waals surface area contributed by atoms with Crippen LogP contribution in [0.15, 0.2) is 40.9 Å². The number of nitrogens with one attached hydrogen (secondary N) is 1. The highest BCUT2D eigenvalue weighted by molar-refractivity contribution is 9.10. The number of phenols is 1. The van der Waals surface area contributed by atoms with Crippen molar-refractivity contribution in [2.45, 2.75) is 24.9 Å². The number of carbonyl (C=O) groups is 4. The number of aliphatic carboxylic acids is 2. The van der Waals surface area contributed by atoms with E-state index in [-0.39, 0.29) is 17.0 Å². The molecule has 0 bridgehead atoms. The molecule has 0 aromatic heterocycles. The Labute approximate surface area is 201 Å². The molecule has 4 unspecified atom stereocenters. The Balaban J connectivity index is 1.91. The third kappa shape index (κ3) is 3.58. The number of nitrogens with zero attached hydrogens (tertiary/aromatic N) is 1. The number of amides is 2. The molecule has 2 aromatic rings. The van der Waals surface area contributed by atoms with E-state index in [4.69, 9.17) is 11.6 Å². The van der Waals surface area contributed by atoms with Crippen molar-refractivity contribution in [1.82, 2.24) is 5.32 Å². The highest BCUT2D eigenvalue weighted by atomic mass is 79.9. The minimum absolute atomic E-state index is 0.154. The lowest BCUT2D eigenvalue weighted by Crippen LogP contribution is -2.57. The van der Waals surface area contributed by atoms with Crippen LogP contribution in [0.2, 0.25) is 5.02 Å². The number of rotatable bonds is 5. The van der Waals surface area contributed by atoms with Crippen molar-refractivity contribution in [3.63, 3.8) is 0 Å². The van der Waals surface area contributed by atoms with Gasteiger partial charge in [-0.15, -0.1) is 0 Å². The van der Waals surface area contributed by atoms with Gasteiger partial charge in [-0.05, 0) is 42.8 Å². The average molecular weight is 538 g/mol. The van der Waals surface area contributed by atoms with Gasteiger partial charge in [0, 0.05) is 21.1 Å². The van der Waals surface area contributed by atoms with Crippen LogP contribution in [0, 0.1) is 18.8 Å². The fourth-order valence-corrected chi connectivity index (χ4v) is 5.25. The van der Waals surface area contributed by atoms with Crippen molar-refractivity contribution in [3.05, 3.63) is 57.0 Å². The van der Waals surface area contributed by atoms with Crippen LogP contribution in [0.5, 0.6) is 5.75 Å². The molecule has 172 valence electrons. The lowest BCUT2D eigenvalue weighted by Gasteiger charge is -2.30. The second-order valence-electron chi connectivity index (χ2n) is 8.12. The first-order valence-corrected chi connectivity index (χ1v) is 11.0. The molecule has 0 radical (unpaired) electrons. The summed E-state index contributed by atoms with van der Waals surface area (Å²) in [5.74, 6) is -7.63. The summed E-state index contributed by atoms with van der Waals surface area (Å²) in [6, 6.07) is 7.81. The second-order valence-corrected chi connectivity index (χ2v) is 9.44. The van der Waals surface area contributed by atoms with Gasteiger partial charge in [-0.2, -0.15) is 0 Å². The van der Waals surface area contributed by atoms with E-state index in [9.17, 15) is 34.5 Å². The minimum atomic E-state index is -2.27. The number of carboxylic acid groups (broad SMARTS) is 2. The zero-order valence-corrected chi connectivity index (χ0v) is 19.4. The number of hydrogen-bond acceptors (Lipinski definition) is 6. The first-order valence-electron chi connectivity index (χ1n) is 9.83. The van der Waals surface area contributed by atoms with Crippen molar-refractivity contribution >= 4 is 57.0 Å². The molecule has 2 aromatic carbocycles. The van der Waals surface area contributed by atoms with Crippen molar-refractivity contribution < 1.29 is 34.5 Å². The number of phenolic OH excluding ortho intramolecular Hbond substituents is 1. The quantitative estimate of drug-likeness (QED) is 0.426. The fraction of sp³-hybridized carbons (Fsp3) is 0.273. The predicted molar refractivity (Wildman–Crippen MR) is 120 cm³/mol. The van der Waals surface area contributed by atoms with E-state index in [2.05, 4.69) is 21.2 Å². The molecule has 2 aliphatic heterocycles. The predicted octanol–water partition coefficient (Wildman–Crippen LogP) is 2.86. The average Bonchev–Trinajstić information content (AvgIpc) is 3.20. The van der Waals surface area contributed by atoms with Gasteiger partial charge < -0.3 is 15.3 Å². The number of aromatic hydroxyl groups is 1. The van der Waals surface area contributed by atoms with E-state index in [0.717, 1.165) is 4.90 Å². The molecule has 9 nitrogen and oxygen atoms in total. The number of benzene rings is 2. The van der Waals surface area contributed by atoms with E-state index in [1.807, 2.05) is 0 Å². The van der Waals surface area contributed by atoms with Gasteiger partial charge in [0.25, 0.3) is 0 Å². The van der Waals surface area contributed by atoms with Crippen LogP contribution in [-0.4, -0.2) is 44.6 Å². The standard InChI is InChI=1S/C22H18BrClN2O7/c1-9-2-4-11(7-13(9)24)26-19(30)16-17(20(26)31)22(21(32)33,8-15(28)29)25-18(16)12-6-10(23)3-5-14(12)27/h2-7,16-18,25,27H,8H2,1H3,(H,28,29)(H,32,33). The van der Waals surface area contributed by atoms with Crippen LogP contribution in [0.3, 0.4) is 0 Å². The number of carboxylic acids is 2. The topological polar surface area (TPSA) is 144 Å². The maximum absolute atomic E-state index is 13.6. The molecule has 2 saturated heterocycles. The summed E-state index contributed by atoms with van der Waals surface area (Å²) < 4.78 is 0.540. The van der Waals surface area contributed by atoms with E-state index < -0.39 is 53.6 Å². The Bertz CT molecular complexity index is 1220. The molecule has 2 amide bonds. The number of hydrogen-bond donors (Lipinski definition) is 4. The SMILES string of the molecule is Cc1ccc(N2C(=O)C3C(c4cc(Br)ccc4O)NC(CC(=O)O)(C(=O)O)C3C2=O)cc1Cl. The van der Waals surface area contributed by atoms with Crippen LogP contribution in [0.1, 0.15) is 23.6 Å². The smallest absolute Gasteiger partial charge is 0.325 e. The summed E-state index contributed by atoms with van der Waals surface area (Å²) in [5.41, 5.74) is -1.24. The molecule has 0 aliphatic carbocycles. The van der Waals surface area contributed by atoms with Gasteiger partial charge in [0.1, 0.15) is 11.3 Å². The Morgan fingerprint density at radius 3 is 2.45 bits per heavy atom. The molecule has 4 atom stereocenters. The molecule has 2 aliphatic rings. The molecular formula is C22H18BrClN2O7. The fourth-order valence-electron chi connectivity index (χ4n) is 4.69. The summed E-state index contributed by atoms with van der Waals surface area (Å²) in [6.07, 6.45) is -0.948. The Hall–Kier alpha value is -2.95. The summed E-state index contributed by atoms with van der Waals surface area (Å²) in [6.45, 7) is 1.74. The van der Waals surface area contributed by atoms with Gasteiger partial charge in [-0.3, -0.25) is 24.5 Å². The first-order chi connectivity index (χ1) is 15.5. The summed E-state index contributed by atoms with van der Waals surface area (Å²) in [4.78, 5) is 52.0. The maximum atomic E-state index is 13.6. The molecule has 0 saturated carbocycles. The molecule has 0 spiro atoms. The first kappa shape index (κ1) is 23.2. The van der Waals surface area contributed by atoms with Crippen LogP contribution >= 0.6 is 27.5 Å². The highest BCUT2D eigenvalue weighted by Gasteiger charge is 2.69. The number of fused-ring (bicyclic) bond motifs is 1. The van der Waals surface area contributed by atoms with Crippen LogP contribution in [0.4, 0.5) is 5.69 Å². The van der Waals surface area contributed by atoms with E-state index in [0.29, 0.717) is 15.1 Å². The number of halogens is 2. The zero-order chi connectivity index (χ0) is 24.2. The summed E-state index contributed by atoms with van der Waals surface area (Å²) in [5, 5.41) is 33.0. The minimum Gasteiger partial charge on any atom is -0.508 e. The normalized spacial score (nSPS) is 26.5. The molecular weight excluding hydrogens is 520 g/mol. The lowest BCUT2D eigenvalue weighted by molar-refractivity contribution is -0.154. The van der Waals surface area contributed by atoms with Crippen molar-refractivity contribution in [1.29, 1.82) is 0 Å². The van der Waals surface area contributed by atoms with Crippen LogP contribution < -0.4 is 10.2 Å². The van der Waals surface area contributed by atoms with E-state index in [1.54, 1.807) is 19.1 Å². The highest BCUT2D eigenvalue weighted by Crippen LogP contribution is 2.52. The molecule has 2 heterocycles. The van der Waals surface area contributed by atoms with Gasteiger partial charge in [0.15, 0.2) is 0 Å². The van der Waals surface area contributed by atoms with Crippen molar-refractivity contribution in [2.24, 2.45) is 11.8 Å². The third-order valence-corrected chi connectivity index (χ3v) is 7.10. The van der Waals surface area contributed by atoms with Gasteiger partial charge in [0.05, 0.1) is 23.9 Å². The number of aryl methyl sites for hydroxylation is 1. The largest absolute Gasteiger partial charge is 0.508 e. The molecule has 2 fully saturated rings. The molecule has 4 N–H and O–H groups in total. The number of imide groups is 1. The van der Waals surface area contributed by atoms with E-state index in [1.165, 1.54) is 24.3 Å². The van der Waals surface area contributed by atoms with Gasteiger partial charge >= 0.3 is 11.9 Å². The van der Waals surface area contributed by atoms with Crippen LogP contribution in [0.25, 0.3) is 0 Å². The summed E-state index contributed by atoms with van der Waals surface area (Å²) in [7, 11) is 0. The van der Waals surface area contributed by atoms with Crippen molar-refractivity contribution in [3.8, 4) is 5.75 Å². The van der Waals surface area contributed by atoms with E-state index >= 15 is 0 Å². The second kappa shape index (κ2) is 8.12. The monoisotopic (exact) mass is 536 g/mol. The number of anilines is 1. The third-order valence-electron chi connectivity index (χ3n) is 6.20. The Morgan fingerprint density at radius 2 is 1.85 bits per heavy atom. The van der Waals surface area contributed by atoms with Gasteiger partial charge in [0.2, 0.25) is 11.8 Å². The van der Waals surface area contributed by atoms with Crippen LogP contribution in [-0.2, 0) is 19.2 Å². The van der Waals surface area contributed by atoms with Gasteiger partial charge in [-0.25, -0.2) is 4.90 Å². The van der Waals surface area contributed by atoms with Crippen molar-refractivity contribution in [2.75, 3.05) is 4.90 Å². The Kier molecular flexibility index (Phi) is 5.71. The summed E-state index contributed by atoms with van der Waals surface area (Å²) >= 11 is 9.45. The van der Waals surface area contributed by atoms with Gasteiger partial charge in [-0.1, -0.05) is 33.6 Å². The number of carbonyl (C=O) groups excluding carboxylic acids is 2.